The molecule has 24 heavy (non-hydrogen) atoms. The van der Waals surface area contributed by atoms with E-state index in [4.69, 9.17) is 0 Å². The monoisotopic (exact) mass is 326 g/mol. The lowest BCUT2D eigenvalue weighted by atomic mass is 10.1. The summed E-state index contributed by atoms with van der Waals surface area (Å²) < 4.78 is 1.39. The Labute approximate surface area is 136 Å². The minimum atomic E-state index is -0.478. The molecule has 2 aromatic heterocycles. The Bertz CT molecular complexity index is 907. The van der Waals surface area contributed by atoms with Gasteiger partial charge in [-0.15, -0.1) is 5.10 Å². The van der Waals surface area contributed by atoms with E-state index in [1.54, 1.807) is 18.3 Å². The van der Waals surface area contributed by atoms with Gasteiger partial charge in [-0.3, -0.25) is 19.9 Å². The molecule has 0 aliphatic rings. The Morgan fingerprint density at radius 1 is 1.38 bits per heavy atom. The topological polar surface area (TPSA) is 116 Å². The molecule has 0 aliphatic carbocycles. The molecule has 0 fully saturated rings. The smallest absolute Gasteiger partial charge is 0.270 e. The molecular weight excluding hydrogens is 312 g/mol. The van der Waals surface area contributed by atoms with E-state index in [1.807, 2.05) is 6.92 Å². The largest absolute Gasteiger partial charge is 0.324 e. The van der Waals surface area contributed by atoms with Crippen molar-refractivity contribution in [3.05, 3.63) is 52.5 Å². The fraction of sp³-hybridized carbons (Fsp3) is 0.200. The van der Waals surface area contributed by atoms with Gasteiger partial charge in [-0.25, -0.2) is 4.68 Å². The molecule has 0 atom stereocenters. The summed E-state index contributed by atoms with van der Waals surface area (Å²) in [5.41, 5.74) is 1.81. The van der Waals surface area contributed by atoms with Gasteiger partial charge in [-0.1, -0.05) is 12.1 Å². The fourth-order valence-electron chi connectivity index (χ4n) is 2.32. The Morgan fingerprint density at radius 2 is 2.21 bits per heavy atom. The minimum Gasteiger partial charge on any atom is -0.324 e. The number of anilines is 1. The summed E-state index contributed by atoms with van der Waals surface area (Å²) in [5.74, 6) is -0.304. The van der Waals surface area contributed by atoms with Crippen LogP contribution in [0.3, 0.4) is 0 Å². The summed E-state index contributed by atoms with van der Waals surface area (Å²) in [5, 5.41) is 21.7. The molecule has 3 rings (SSSR count). The van der Waals surface area contributed by atoms with Crippen molar-refractivity contribution in [1.82, 2.24) is 20.0 Å². The molecule has 0 aliphatic heterocycles. The quantitative estimate of drug-likeness (QED) is 0.566. The lowest BCUT2D eigenvalue weighted by molar-refractivity contribution is -0.384. The van der Waals surface area contributed by atoms with Gasteiger partial charge in [0, 0.05) is 29.4 Å². The number of hydrogen-bond donors (Lipinski definition) is 1. The predicted molar refractivity (Wildman–Crippen MR) is 86.4 cm³/mol. The van der Waals surface area contributed by atoms with E-state index in [-0.39, 0.29) is 18.1 Å². The fourth-order valence-corrected chi connectivity index (χ4v) is 2.32. The summed E-state index contributed by atoms with van der Waals surface area (Å²) >= 11 is 0. The molecule has 0 spiro atoms. The number of aromatic nitrogens is 4. The second kappa shape index (κ2) is 6.41. The zero-order valence-corrected chi connectivity index (χ0v) is 12.8. The van der Waals surface area contributed by atoms with Crippen molar-refractivity contribution < 1.29 is 9.72 Å². The van der Waals surface area contributed by atoms with E-state index in [1.165, 1.54) is 23.0 Å². The average Bonchev–Trinajstić information content (AvgIpc) is 3.06. The van der Waals surface area contributed by atoms with Crippen LogP contribution in [0.5, 0.6) is 0 Å². The summed E-state index contributed by atoms with van der Waals surface area (Å²) in [6.45, 7) is 1.95. The van der Waals surface area contributed by atoms with Gasteiger partial charge in [-0.05, 0) is 18.6 Å². The summed E-state index contributed by atoms with van der Waals surface area (Å²) in [4.78, 5) is 27.1. The standard InChI is InChI=1S/C15H14N6O3/c1-2-10-7-14(18-15(22)9-20-6-5-16-19-20)12-8-11(21(23)24)3-4-13(12)17-10/h3-8H,2,9H2,1H3,(H,17,18,22). The maximum Gasteiger partial charge on any atom is 0.270 e. The van der Waals surface area contributed by atoms with E-state index >= 15 is 0 Å². The van der Waals surface area contributed by atoms with Gasteiger partial charge in [0.1, 0.15) is 6.54 Å². The Balaban J connectivity index is 1.98. The summed E-state index contributed by atoms with van der Waals surface area (Å²) in [7, 11) is 0. The average molecular weight is 326 g/mol. The first-order valence-corrected chi connectivity index (χ1v) is 7.29. The van der Waals surface area contributed by atoms with Crippen LogP contribution in [-0.2, 0) is 17.8 Å². The van der Waals surface area contributed by atoms with E-state index in [0.717, 1.165) is 5.69 Å². The van der Waals surface area contributed by atoms with E-state index in [9.17, 15) is 14.9 Å². The Morgan fingerprint density at radius 3 is 2.88 bits per heavy atom. The first-order chi connectivity index (χ1) is 11.6. The number of non-ortho nitro benzene ring substituents is 1. The number of amides is 1. The van der Waals surface area contributed by atoms with E-state index in [2.05, 4.69) is 20.6 Å². The van der Waals surface area contributed by atoms with Crippen LogP contribution in [0.25, 0.3) is 10.9 Å². The van der Waals surface area contributed by atoms with Gasteiger partial charge in [0.2, 0.25) is 5.91 Å². The van der Waals surface area contributed by atoms with Gasteiger partial charge in [0.05, 0.1) is 22.3 Å². The van der Waals surface area contributed by atoms with Crippen molar-refractivity contribution in [2.45, 2.75) is 19.9 Å². The van der Waals surface area contributed by atoms with Gasteiger partial charge < -0.3 is 5.32 Å². The van der Waals surface area contributed by atoms with E-state index in [0.29, 0.717) is 23.0 Å². The number of benzene rings is 1. The highest BCUT2D eigenvalue weighted by atomic mass is 16.6. The van der Waals surface area contributed by atoms with Crippen LogP contribution < -0.4 is 5.32 Å². The zero-order valence-electron chi connectivity index (χ0n) is 12.8. The van der Waals surface area contributed by atoms with Crippen LogP contribution in [0, 0.1) is 10.1 Å². The number of hydrogen-bond acceptors (Lipinski definition) is 6. The summed E-state index contributed by atoms with van der Waals surface area (Å²) in [6, 6.07) is 6.12. The minimum absolute atomic E-state index is 0.000200. The number of nitro groups is 1. The molecule has 0 unspecified atom stereocenters. The number of rotatable bonds is 5. The number of carbonyl (C=O) groups excluding carboxylic acids is 1. The molecule has 0 radical (unpaired) electrons. The molecule has 9 heteroatoms. The van der Waals surface area contributed by atoms with Crippen molar-refractivity contribution in [2.24, 2.45) is 0 Å². The first kappa shape index (κ1) is 15.5. The highest BCUT2D eigenvalue weighted by molar-refractivity contribution is 6.01. The van der Waals surface area contributed by atoms with Crippen molar-refractivity contribution in [3.8, 4) is 0 Å². The summed E-state index contributed by atoms with van der Waals surface area (Å²) in [6.07, 6.45) is 3.74. The van der Waals surface area contributed by atoms with Crippen molar-refractivity contribution >= 4 is 28.2 Å². The molecule has 1 aromatic carbocycles. The molecule has 0 saturated heterocycles. The third kappa shape index (κ3) is 3.19. The lowest BCUT2D eigenvalue weighted by Crippen LogP contribution is -2.19. The number of fused-ring (bicyclic) bond motifs is 1. The highest BCUT2D eigenvalue weighted by Gasteiger charge is 2.13. The second-order valence-electron chi connectivity index (χ2n) is 5.12. The van der Waals surface area contributed by atoms with E-state index < -0.39 is 4.92 Å². The number of aryl methyl sites for hydroxylation is 1. The Hall–Kier alpha value is -3.36. The van der Waals surface area contributed by atoms with Crippen LogP contribution in [0.1, 0.15) is 12.6 Å². The third-order valence-corrected chi connectivity index (χ3v) is 3.47. The molecule has 122 valence electrons. The van der Waals surface area contributed by atoms with Crippen LogP contribution >= 0.6 is 0 Å². The number of pyridine rings is 1. The molecular formula is C15H14N6O3. The molecule has 2 heterocycles. The first-order valence-electron chi connectivity index (χ1n) is 7.29. The zero-order chi connectivity index (χ0) is 17.1. The Kier molecular flexibility index (Phi) is 4.15. The van der Waals surface area contributed by atoms with Crippen LogP contribution in [0.2, 0.25) is 0 Å². The normalized spacial score (nSPS) is 10.7. The van der Waals surface area contributed by atoms with Crippen molar-refractivity contribution in [1.29, 1.82) is 0 Å². The molecule has 3 aromatic rings. The number of carbonyl (C=O) groups is 1. The van der Waals surface area contributed by atoms with Gasteiger partial charge in [0.25, 0.3) is 5.69 Å². The predicted octanol–water partition coefficient (Wildman–Crippen LogP) is 1.94. The van der Waals surface area contributed by atoms with Crippen LogP contribution in [0.15, 0.2) is 36.7 Å². The van der Waals surface area contributed by atoms with Crippen molar-refractivity contribution in [3.63, 3.8) is 0 Å². The number of nitrogens with one attached hydrogen (secondary N) is 1. The maximum atomic E-state index is 12.2. The lowest BCUT2D eigenvalue weighted by Gasteiger charge is -2.10. The highest BCUT2D eigenvalue weighted by Crippen LogP contribution is 2.27. The van der Waals surface area contributed by atoms with Crippen LogP contribution in [0.4, 0.5) is 11.4 Å². The second-order valence-corrected chi connectivity index (χ2v) is 5.12. The van der Waals surface area contributed by atoms with Crippen LogP contribution in [-0.4, -0.2) is 30.8 Å². The van der Waals surface area contributed by atoms with Gasteiger partial charge in [0.15, 0.2) is 0 Å². The number of nitrogens with zero attached hydrogens (tertiary/aromatic N) is 5. The third-order valence-electron chi connectivity index (χ3n) is 3.47. The maximum absolute atomic E-state index is 12.2. The van der Waals surface area contributed by atoms with Crippen molar-refractivity contribution in [2.75, 3.05) is 5.32 Å². The van der Waals surface area contributed by atoms with Gasteiger partial charge in [-0.2, -0.15) is 0 Å². The SMILES string of the molecule is CCc1cc(NC(=O)Cn2ccnn2)c2cc([N+](=O)[O-])ccc2n1. The number of nitro benzene ring substituents is 1. The molecule has 1 N–H and O–H groups in total. The molecule has 1 amide bonds. The molecule has 0 saturated carbocycles. The van der Waals surface area contributed by atoms with Gasteiger partial charge >= 0.3 is 0 Å². The molecule has 0 bridgehead atoms. The molecule has 9 nitrogen and oxygen atoms in total.